The van der Waals surface area contributed by atoms with Crippen LogP contribution < -0.4 is 10.1 Å². The van der Waals surface area contributed by atoms with Crippen molar-refractivity contribution in [1.82, 2.24) is 15.1 Å². The fourth-order valence-corrected chi connectivity index (χ4v) is 3.86. The van der Waals surface area contributed by atoms with Crippen LogP contribution in [-0.4, -0.2) is 56.7 Å². The van der Waals surface area contributed by atoms with Gasteiger partial charge in [0.2, 0.25) is 0 Å². The van der Waals surface area contributed by atoms with Crippen LogP contribution in [0.25, 0.3) is 0 Å². The lowest BCUT2D eigenvalue weighted by Crippen LogP contribution is -2.43. The summed E-state index contributed by atoms with van der Waals surface area (Å²) in [5.41, 5.74) is 4.34. The van der Waals surface area contributed by atoms with Crippen LogP contribution in [0.3, 0.4) is 0 Å². The van der Waals surface area contributed by atoms with E-state index in [4.69, 9.17) is 4.74 Å². The molecule has 1 N–H and O–H groups in total. The first-order valence-corrected chi connectivity index (χ1v) is 8.56. The number of hydrogen-bond donors (Lipinski definition) is 1. The van der Waals surface area contributed by atoms with Gasteiger partial charge in [0.05, 0.1) is 7.11 Å². The van der Waals surface area contributed by atoms with Crippen molar-refractivity contribution in [2.45, 2.75) is 32.4 Å². The molecule has 0 amide bonds. The molecule has 0 saturated carbocycles. The van der Waals surface area contributed by atoms with Gasteiger partial charge in [0, 0.05) is 50.9 Å². The van der Waals surface area contributed by atoms with E-state index >= 15 is 0 Å². The molecule has 1 aromatic carbocycles. The Labute approximate surface area is 134 Å². The number of hydrogen-bond acceptors (Lipinski definition) is 4. The highest BCUT2D eigenvalue weighted by molar-refractivity contribution is 5.45. The maximum absolute atomic E-state index is 5.72. The lowest BCUT2D eigenvalue weighted by atomic mass is 9.89. The summed E-state index contributed by atoms with van der Waals surface area (Å²) in [6.45, 7) is 8.88. The molecule has 0 bridgehead atoms. The number of nitrogens with zero attached hydrogens (tertiary/aromatic N) is 2. The molecule has 1 saturated heterocycles. The van der Waals surface area contributed by atoms with Crippen molar-refractivity contribution in [3.63, 3.8) is 0 Å². The second-order valence-electron chi connectivity index (χ2n) is 6.54. The Morgan fingerprint density at radius 2 is 2.00 bits per heavy atom. The van der Waals surface area contributed by atoms with Crippen molar-refractivity contribution in [1.29, 1.82) is 0 Å². The molecule has 4 heteroatoms. The van der Waals surface area contributed by atoms with Gasteiger partial charge in [-0.25, -0.2) is 0 Å². The maximum Gasteiger partial charge on any atom is 0.123 e. The quantitative estimate of drug-likeness (QED) is 0.921. The highest BCUT2D eigenvalue weighted by Gasteiger charge is 2.25. The molecule has 22 heavy (non-hydrogen) atoms. The van der Waals surface area contributed by atoms with Crippen LogP contribution in [-0.2, 0) is 13.0 Å². The number of rotatable bonds is 4. The lowest BCUT2D eigenvalue weighted by Gasteiger charge is -2.35. The fourth-order valence-electron chi connectivity index (χ4n) is 3.86. The van der Waals surface area contributed by atoms with Gasteiger partial charge >= 0.3 is 0 Å². The van der Waals surface area contributed by atoms with E-state index in [1.165, 1.54) is 16.7 Å². The molecule has 2 heterocycles. The first-order valence-electron chi connectivity index (χ1n) is 8.56. The highest BCUT2D eigenvalue weighted by atomic mass is 16.5. The Morgan fingerprint density at radius 3 is 2.68 bits per heavy atom. The summed E-state index contributed by atoms with van der Waals surface area (Å²) >= 11 is 0. The minimum Gasteiger partial charge on any atom is -0.496 e. The van der Waals surface area contributed by atoms with E-state index in [-0.39, 0.29) is 0 Å². The lowest BCUT2D eigenvalue weighted by molar-refractivity contribution is 0.221. The molecule has 1 aromatic rings. The van der Waals surface area contributed by atoms with Crippen molar-refractivity contribution in [2.24, 2.45) is 0 Å². The average Bonchev–Trinajstić information content (AvgIpc) is 2.55. The Morgan fingerprint density at radius 1 is 1.23 bits per heavy atom. The number of benzene rings is 1. The normalized spacial score (nSPS) is 23.3. The van der Waals surface area contributed by atoms with Crippen LogP contribution >= 0.6 is 0 Å². The van der Waals surface area contributed by atoms with Gasteiger partial charge in [0.1, 0.15) is 5.75 Å². The van der Waals surface area contributed by atoms with Gasteiger partial charge in [-0.05, 0) is 37.1 Å². The van der Waals surface area contributed by atoms with Crippen molar-refractivity contribution < 1.29 is 4.74 Å². The number of nitrogens with one attached hydrogen (secondary N) is 1. The monoisotopic (exact) mass is 303 g/mol. The first-order chi connectivity index (χ1) is 10.7. The Kier molecular flexibility index (Phi) is 5.01. The second-order valence-corrected chi connectivity index (χ2v) is 6.54. The maximum atomic E-state index is 5.72. The highest BCUT2D eigenvalue weighted by Crippen LogP contribution is 2.35. The molecule has 0 spiro atoms. The van der Waals surface area contributed by atoms with Gasteiger partial charge in [0.15, 0.2) is 0 Å². The van der Waals surface area contributed by atoms with E-state index < -0.39 is 0 Å². The van der Waals surface area contributed by atoms with Gasteiger partial charge < -0.3 is 10.1 Å². The molecule has 1 unspecified atom stereocenters. The van der Waals surface area contributed by atoms with Gasteiger partial charge in [-0.1, -0.05) is 13.0 Å². The molecule has 122 valence electrons. The molecule has 0 aliphatic carbocycles. The Balaban J connectivity index is 1.88. The predicted molar refractivity (Wildman–Crippen MR) is 90.5 cm³/mol. The number of methoxy groups -OCH3 is 1. The van der Waals surface area contributed by atoms with E-state index in [0.717, 1.165) is 57.9 Å². The largest absolute Gasteiger partial charge is 0.496 e. The van der Waals surface area contributed by atoms with Crippen LogP contribution in [0.5, 0.6) is 5.75 Å². The summed E-state index contributed by atoms with van der Waals surface area (Å²) in [6, 6.07) is 5.24. The van der Waals surface area contributed by atoms with E-state index in [1.54, 1.807) is 7.11 Å². The molecule has 2 aliphatic rings. The summed E-state index contributed by atoms with van der Waals surface area (Å²) in [6.07, 6.45) is 2.31. The van der Waals surface area contributed by atoms with Crippen LogP contribution in [0.2, 0.25) is 0 Å². The molecule has 0 radical (unpaired) electrons. The van der Waals surface area contributed by atoms with E-state index in [9.17, 15) is 0 Å². The summed E-state index contributed by atoms with van der Waals surface area (Å²) in [4.78, 5) is 4.99. The van der Waals surface area contributed by atoms with Crippen molar-refractivity contribution in [3.8, 4) is 5.75 Å². The van der Waals surface area contributed by atoms with Gasteiger partial charge in [-0.3, -0.25) is 9.80 Å². The Hall–Kier alpha value is -1.10. The van der Waals surface area contributed by atoms with E-state index in [2.05, 4.69) is 41.2 Å². The molecular weight excluding hydrogens is 274 g/mol. The van der Waals surface area contributed by atoms with Crippen LogP contribution in [0.1, 0.15) is 36.1 Å². The SMILES string of the molecule is CCC1c2cc(OC)c(CN3CCNCC3)cc2CCN1C. The minimum absolute atomic E-state index is 0.533. The zero-order valence-corrected chi connectivity index (χ0v) is 14.2. The zero-order valence-electron chi connectivity index (χ0n) is 14.2. The number of fused-ring (bicyclic) bond motifs is 1. The third-order valence-electron chi connectivity index (χ3n) is 5.16. The molecule has 2 aliphatic heterocycles. The van der Waals surface area contributed by atoms with Crippen molar-refractivity contribution in [3.05, 3.63) is 28.8 Å². The summed E-state index contributed by atoms with van der Waals surface area (Å²) in [7, 11) is 4.04. The topological polar surface area (TPSA) is 27.7 Å². The fraction of sp³-hybridized carbons (Fsp3) is 0.667. The zero-order chi connectivity index (χ0) is 15.5. The first kappa shape index (κ1) is 15.8. The number of ether oxygens (including phenoxy) is 1. The van der Waals surface area contributed by atoms with Crippen LogP contribution in [0, 0.1) is 0 Å². The van der Waals surface area contributed by atoms with Crippen LogP contribution in [0.15, 0.2) is 12.1 Å². The predicted octanol–water partition coefficient (Wildman–Crippen LogP) is 2.04. The molecule has 4 nitrogen and oxygen atoms in total. The molecule has 1 fully saturated rings. The summed E-state index contributed by atoms with van der Waals surface area (Å²) in [5.74, 6) is 1.06. The molecule has 1 atom stereocenters. The van der Waals surface area contributed by atoms with Crippen molar-refractivity contribution >= 4 is 0 Å². The van der Waals surface area contributed by atoms with E-state index in [0.29, 0.717) is 6.04 Å². The molecular formula is C18H29N3O. The van der Waals surface area contributed by atoms with Crippen molar-refractivity contribution in [2.75, 3.05) is 46.9 Å². The number of likely N-dealkylation sites (N-methyl/N-ethyl adjacent to an activating group) is 1. The third kappa shape index (κ3) is 3.14. The summed E-state index contributed by atoms with van der Waals surface area (Å²) < 4.78 is 5.72. The molecule has 0 aromatic heterocycles. The molecule has 3 rings (SSSR count). The van der Waals surface area contributed by atoms with E-state index in [1.807, 2.05) is 0 Å². The minimum atomic E-state index is 0.533. The van der Waals surface area contributed by atoms with Gasteiger partial charge in [0.25, 0.3) is 0 Å². The number of piperazine rings is 1. The standard InChI is InChI=1S/C18H29N3O/c1-4-17-16-12-18(22-3)15(11-14(16)5-8-20(17)2)13-21-9-6-19-7-10-21/h11-12,17,19H,4-10,13H2,1-3H3. The smallest absolute Gasteiger partial charge is 0.123 e. The van der Waals surface area contributed by atoms with Gasteiger partial charge in [-0.15, -0.1) is 0 Å². The summed E-state index contributed by atoms with van der Waals surface area (Å²) in [5, 5.41) is 3.42. The Bertz CT molecular complexity index is 511. The average molecular weight is 303 g/mol. The second kappa shape index (κ2) is 6.99. The van der Waals surface area contributed by atoms with Crippen LogP contribution in [0.4, 0.5) is 0 Å². The van der Waals surface area contributed by atoms with Gasteiger partial charge in [-0.2, -0.15) is 0 Å². The third-order valence-corrected chi connectivity index (χ3v) is 5.16.